The molecular formula is C6H7FN4. The standard InChI is InChI=1S/C6H7FN4/c1-4(2-3-8)5-6(7)10-11-9-5/h4H,2H2,1H3,(H,9,10,11)/t4-/m0/s1. The minimum atomic E-state index is -0.548. The van der Waals surface area contributed by atoms with Crippen LogP contribution in [0.4, 0.5) is 4.39 Å². The highest BCUT2D eigenvalue weighted by atomic mass is 19.1. The molecule has 0 aliphatic carbocycles. The first-order valence-electron chi connectivity index (χ1n) is 3.19. The number of hydrogen-bond acceptors (Lipinski definition) is 3. The van der Waals surface area contributed by atoms with Crippen LogP contribution in [-0.4, -0.2) is 15.4 Å². The van der Waals surface area contributed by atoms with E-state index in [-0.39, 0.29) is 18.0 Å². The molecule has 5 heteroatoms. The summed E-state index contributed by atoms with van der Waals surface area (Å²) in [5.41, 5.74) is 0.228. The fourth-order valence-electron chi connectivity index (χ4n) is 0.772. The highest BCUT2D eigenvalue weighted by Gasteiger charge is 2.13. The van der Waals surface area contributed by atoms with Crippen LogP contribution in [0.1, 0.15) is 25.0 Å². The molecule has 11 heavy (non-hydrogen) atoms. The maximum atomic E-state index is 12.6. The molecule has 1 aromatic rings. The predicted molar refractivity (Wildman–Crippen MR) is 35.0 cm³/mol. The first kappa shape index (κ1) is 7.66. The van der Waals surface area contributed by atoms with E-state index in [0.717, 1.165) is 0 Å². The molecule has 0 aliphatic rings. The van der Waals surface area contributed by atoms with Crippen LogP contribution in [0, 0.1) is 17.3 Å². The summed E-state index contributed by atoms with van der Waals surface area (Å²) >= 11 is 0. The maximum Gasteiger partial charge on any atom is 0.232 e. The van der Waals surface area contributed by atoms with E-state index in [4.69, 9.17) is 5.26 Å². The summed E-state index contributed by atoms with van der Waals surface area (Å²) < 4.78 is 12.6. The zero-order valence-electron chi connectivity index (χ0n) is 6.00. The summed E-state index contributed by atoms with van der Waals surface area (Å²) in [7, 11) is 0. The van der Waals surface area contributed by atoms with E-state index in [1.807, 2.05) is 6.07 Å². The van der Waals surface area contributed by atoms with Crippen molar-refractivity contribution in [3.63, 3.8) is 0 Å². The van der Waals surface area contributed by atoms with Crippen LogP contribution in [0.5, 0.6) is 0 Å². The SMILES string of the molecule is C[C@@H](CC#N)c1nn[nH]c1F. The van der Waals surface area contributed by atoms with Crippen LogP contribution >= 0.6 is 0 Å². The Labute approximate surface area is 63.0 Å². The van der Waals surface area contributed by atoms with Crippen molar-refractivity contribution in [2.24, 2.45) is 0 Å². The van der Waals surface area contributed by atoms with Gasteiger partial charge in [-0.1, -0.05) is 12.1 Å². The summed E-state index contributed by atoms with van der Waals surface area (Å²) in [5.74, 6) is -0.744. The van der Waals surface area contributed by atoms with Gasteiger partial charge in [-0.25, -0.2) is 5.10 Å². The maximum absolute atomic E-state index is 12.6. The fourth-order valence-corrected chi connectivity index (χ4v) is 0.772. The number of nitrogens with one attached hydrogen (secondary N) is 1. The van der Waals surface area contributed by atoms with Gasteiger partial charge in [-0.3, -0.25) is 0 Å². The smallest absolute Gasteiger partial charge is 0.232 e. The molecule has 0 fully saturated rings. The van der Waals surface area contributed by atoms with Gasteiger partial charge < -0.3 is 0 Å². The number of aromatic amines is 1. The van der Waals surface area contributed by atoms with Crippen LogP contribution in [0.2, 0.25) is 0 Å². The molecule has 0 saturated heterocycles. The quantitative estimate of drug-likeness (QED) is 0.689. The van der Waals surface area contributed by atoms with Gasteiger partial charge in [0.05, 0.1) is 6.07 Å². The van der Waals surface area contributed by atoms with E-state index in [2.05, 4.69) is 15.4 Å². The first-order valence-corrected chi connectivity index (χ1v) is 3.19. The highest BCUT2D eigenvalue weighted by Crippen LogP contribution is 2.16. The number of aromatic nitrogens is 3. The molecule has 0 spiro atoms. The lowest BCUT2D eigenvalue weighted by Crippen LogP contribution is -1.95. The third kappa shape index (κ3) is 1.52. The zero-order chi connectivity index (χ0) is 8.27. The van der Waals surface area contributed by atoms with Crippen molar-refractivity contribution in [2.75, 3.05) is 0 Å². The summed E-state index contributed by atoms with van der Waals surface area (Å²) in [5, 5.41) is 17.1. The summed E-state index contributed by atoms with van der Waals surface area (Å²) in [6, 6.07) is 1.93. The molecule has 0 saturated carbocycles. The first-order chi connectivity index (χ1) is 5.25. The fraction of sp³-hybridized carbons (Fsp3) is 0.500. The number of nitriles is 1. The Balaban J connectivity index is 2.77. The van der Waals surface area contributed by atoms with Crippen molar-refractivity contribution >= 4 is 0 Å². The van der Waals surface area contributed by atoms with Crippen molar-refractivity contribution in [3.05, 3.63) is 11.6 Å². The number of halogens is 1. The molecule has 1 N–H and O–H groups in total. The van der Waals surface area contributed by atoms with Gasteiger partial charge in [0.2, 0.25) is 5.95 Å². The van der Waals surface area contributed by atoms with Gasteiger partial charge in [0.1, 0.15) is 5.69 Å². The van der Waals surface area contributed by atoms with Gasteiger partial charge in [0.25, 0.3) is 0 Å². The van der Waals surface area contributed by atoms with Crippen molar-refractivity contribution in [3.8, 4) is 6.07 Å². The van der Waals surface area contributed by atoms with Crippen molar-refractivity contribution < 1.29 is 4.39 Å². The molecule has 1 heterocycles. The van der Waals surface area contributed by atoms with Crippen molar-refractivity contribution in [1.29, 1.82) is 5.26 Å². The topological polar surface area (TPSA) is 65.4 Å². The molecule has 0 aromatic carbocycles. The Morgan fingerprint density at radius 2 is 2.55 bits per heavy atom. The van der Waals surface area contributed by atoms with Gasteiger partial charge in [-0.2, -0.15) is 9.65 Å². The Bertz CT molecular complexity index is 274. The van der Waals surface area contributed by atoms with Crippen LogP contribution < -0.4 is 0 Å². The number of rotatable bonds is 2. The van der Waals surface area contributed by atoms with Gasteiger partial charge in [-0.05, 0) is 0 Å². The molecule has 0 aliphatic heterocycles. The van der Waals surface area contributed by atoms with E-state index in [1.165, 1.54) is 0 Å². The second-order valence-electron chi connectivity index (χ2n) is 2.27. The van der Waals surface area contributed by atoms with E-state index >= 15 is 0 Å². The number of nitrogens with zero attached hydrogens (tertiary/aromatic N) is 3. The Morgan fingerprint density at radius 1 is 1.82 bits per heavy atom. The molecule has 1 atom stereocenters. The lowest BCUT2D eigenvalue weighted by Gasteiger charge is -1.99. The predicted octanol–water partition coefficient (Wildman–Crippen LogP) is 0.961. The van der Waals surface area contributed by atoms with E-state index in [1.54, 1.807) is 6.92 Å². The van der Waals surface area contributed by atoms with Crippen LogP contribution in [0.3, 0.4) is 0 Å². The lowest BCUT2D eigenvalue weighted by atomic mass is 10.1. The van der Waals surface area contributed by atoms with E-state index in [9.17, 15) is 4.39 Å². The largest absolute Gasteiger partial charge is 0.232 e. The van der Waals surface area contributed by atoms with Gasteiger partial charge in [0.15, 0.2) is 0 Å². The minimum Gasteiger partial charge on any atom is -0.232 e. The Morgan fingerprint density at radius 3 is 3.00 bits per heavy atom. The van der Waals surface area contributed by atoms with Crippen molar-refractivity contribution in [1.82, 2.24) is 15.4 Å². The minimum absolute atomic E-state index is 0.196. The third-order valence-corrected chi connectivity index (χ3v) is 1.40. The van der Waals surface area contributed by atoms with Gasteiger partial charge in [-0.15, -0.1) is 5.10 Å². The van der Waals surface area contributed by atoms with Gasteiger partial charge in [0, 0.05) is 12.3 Å². The van der Waals surface area contributed by atoms with E-state index < -0.39 is 5.95 Å². The molecule has 58 valence electrons. The highest BCUT2D eigenvalue weighted by molar-refractivity contribution is 5.04. The van der Waals surface area contributed by atoms with Crippen LogP contribution in [0.15, 0.2) is 0 Å². The molecule has 1 rings (SSSR count). The van der Waals surface area contributed by atoms with Crippen molar-refractivity contribution in [2.45, 2.75) is 19.3 Å². The zero-order valence-corrected chi connectivity index (χ0v) is 6.00. The Hall–Kier alpha value is -1.44. The second-order valence-corrected chi connectivity index (χ2v) is 2.27. The molecule has 4 nitrogen and oxygen atoms in total. The lowest BCUT2D eigenvalue weighted by molar-refractivity contribution is 0.553. The van der Waals surface area contributed by atoms with Gasteiger partial charge >= 0.3 is 0 Å². The second kappa shape index (κ2) is 3.10. The summed E-state index contributed by atoms with van der Waals surface area (Å²) in [6.45, 7) is 1.73. The van der Waals surface area contributed by atoms with Crippen LogP contribution in [0.25, 0.3) is 0 Å². The molecule has 0 bridgehead atoms. The molecular weight excluding hydrogens is 147 g/mol. The summed E-state index contributed by atoms with van der Waals surface area (Å²) in [4.78, 5) is 0. The average Bonchev–Trinajstić information content (AvgIpc) is 2.36. The molecule has 0 amide bonds. The molecule has 1 aromatic heterocycles. The van der Waals surface area contributed by atoms with E-state index in [0.29, 0.717) is 0 Å². The monoisotopic (exact) mass is 154 g/mol. The normalized spacial score (nSPS) is 12.5. The van der Waals surface area contributed by atoms with Crippen LogP contribution in [-0.2, 0) is 0 Å². The summed E-state index contributed by atoms with van der Waals surface area (Å²) in [6.07, 6.45) is 0.253. The molecule has 0 unspecified atom stereocenters. The Kier molecular flexibility index (Phi) is 2.16. The number of H-pyrrole nitrogens is 1. The molecule has 0 radical (unpaired) electrons. The third-order valence-electron chi connectivity index (χ3n) is 1.40. The average molecular weight is 154 g/mol. The number of hydrogen-bond donors (Lipinski definition) is 1.